The van der Waals surface area contributed by atoms with Gasteiger partial charge in [0.1, 0.15) is 11.3 Å². The molecule has 0 spiro atoms. The number of halogens is 2. The van der Waals surface area contributed by atoms with Gasteiger partial charge in [0.2, 0.25) is 5.88 Å². The van der Waals surface area contributed by atoms with Crippen LogP contribution in [-0.2, 0) is 26.7 Å². The molecule has 1 aliphatic heterocycles. The first-order valence-electron chi connectivity index (χ1n) is 12.1. The summed E-state index contributed by atoms with van der Waals surface area (Å²) in [6.45, 7) is 2.15. The molecule has 0 saturated heterocycles. The van der Waals surface area contributed by atoms with E-state index in [0.717, 1.165) is 16.5 Å². The van der Waals surface area contributed by atoms with E-state index in [1.807, 2.05) is 13.0 Å². The van der Waals surface area contributed by atoms with Crippen LogP contribution in [0.2, 0.25) is 10.0 Å². The van der Waals surface area contributed by atoms with Crippen LogP contribution in [0.5, 0.6) is 5.75 Å². The number of hydrogen-bond donors (Lipinski definition) is 1. The van der Waals surface area contributed by atoms with Gasteiger partial charge >= 0.3 is 29.6 Å². The molecule has 0 aliphatic carbocycles. The van der Waals surface area contributed by atoms with Gasteiger partial charge in [-0.05, 0) is 73.7 Å². The molecule has 0 saturated carbocycles. The number of hydrogen-bond acceptors (Lipinski definition) is 8. The van der Waals surface area contributed by atoms with Crippen LogP contribution in [0.3, 0.4) is 0 Å². The third-order valence-electron chi connectivity index (χ3n) is 6.12. The fourth-order valence-corrected chi connectivity index (χ4v) is 5.66. The predicted octanol–water partition coefficient (Wildman–Crippen LogP) is 3.03. The smallest absolute Gasteiger partial charge is 0.748 e. The van der Waals surface area contributed by atoms with Crippen LogP contribution in [0.4, 0.5) is 5.69 Å². The number of ether oxygens (including phenoxy) is 1. The van der Waals surface area contributed by atoms with Crippen LogP contribution in [0, 0.1) is 0 Å². The maximum Gasteiger partial charge on any atom is 1.00 e. The van der Waals surface area contributed by atoms with Gasteiger partial charge in [0.25, 0.3) is 10.1 Å². The van der Waals surface area contributed by atoms with Gasteiger partial charge in [0.05, 0.1) is 21.6 Å². The van der Waals surface area contributed by atoms with Gasteiger partial charge in [-0.3, -0.25) is 4.55 Å². The summed E-state index contributed by atoms with van der Waals surface area (Å²) in [7, 11) is -8.49. The molecule has 3 aromatic rings. The average Bonchev–Trinajstić information content (AvgIpc) is 3.34. The Hall–Kier alpha value is -1.54. The van der Waals surface area contributed by atoms with E-state index in [0.29, 0.717) is 51.6 Å². The average molecular weight is 639 g/mol. The molecule has 0 radical (unpaired) electrons. The molecule has 1 aliphatic rings. The van der Waals surface area contributed by atoms with E-state index < -0.39 is 31.7 Å². The fourth-order valence-electron chi connectivity index (χ4n) is 4.33. The van der Waals surface area contributed by atoms with Crippen molar-refractivity contribution in [2.45, 2.75) is 32.6 Å². The minimum atomic E-state index is -4.37. The quantitative estimate of drug-likeness (QED) is 0.248. The van der Waals surface area contributed by atoms with Crippen molar-refractivity contribution in [3.63, 3.8) is 0 Å². The summed E-state index contributed by atoms with van der Waals surface area (Å²) >= 11 is 12.4. The van der Waals surface area contributed by atoms with Crippen LogP contribution in [0.1, 0.15) is 37.5 Å². The van der Waals surface area contributed by atoms with Crippen LogP contribution in [0.25, 0.3) is 17.0 Å². The number of allylic oxidation sites excluding steroid dienone is 2. The van der Waals surface area contributed by atoms with Crippen molar-refractivity contribution in [2.75, 3.05) is 23.0 Å². The zero-order chi connectivity index (χ0) is 28.4. The van der Waals surface area contributed by atoms with E-state index in [2.05, 4.69) is 0 Å². The number of rotatable bonds is 11. The molecule has 40 heavy (non-hydrogen) atoms. The van der Waals surface area contributed by atoms with Gasteiger partial charge in [-0.2, -0.15) is 8.42 Å². The van der Waals surface area contributed by atoms with Crippen molar-refractivity contribution in [1.29, 1.82) is 0 Å². The summed E-state index contributed by atoms with van der Waals surface area (Å²) in [4.78, 5) is 1.77. The molecule has 9 nitrogen and oxygen atoms in total. The van der Waals surface area contributed by atoms with E-state index in [9.17, 15) is 21.4 Å². The number of aryl methyl sites for hydroxylation is 1. The summed E-state index contributed by atoms with van der Waals surface area (Å²) in [5.41, 5.74) is 2.78. The molecule has 14 heteroatoms. The predicted molar refractivity (Wildman–Crippen MR) is 151 cm³/mol. The number of fused-ring (bicyclic) bond motifs is 2. The summed E-state index contributed by atoms with van der Waals surface area (Å²) < 4.78 is 77.3. The van der Waals surface area contributed by atoms with Crippen molar-refractivity contribution < 1.29 is 64.7 Å². The van der Waals surface area contributed by atoms with E-state index in [1.54, 1.807) is 47.4 Å². The third kappa shape index (κ3) is 8.73. The minimum Gasteiger partial charge on any atom is -0.748 e. The second-order valence-electron chi connectivity index (χ2n) is 9.01. The van der Waals surface area contributed by atoms with Crippen molar-refractivity contribution >= 4 is 66.2 Å². The minimum absolute atomic E-state index is 0. The molecular weight excluding hydrogens is 612 g/mol. The molecule has 0 amide bonds. The molecule has 0 bridgehead atoms. The number of nitrogens with zero attached hydrogens (tertiary/aromatic N) is 1. The van der Waals surface area contributed by atoms with Crippen LogP contribution in [0.15, 0.2) is 58.3 Å². The summed E-state index contributed by atoms with van der Waals surface area (Å²) in [5.74, 6) is 0.568. The second kappa shape index (κ2) is 13.6. The SMILES string of the molecule is CCC(=C/c1oc2ccc(Cl)cc2c1CCCS(=O)(=O)O)/C=C1/Oc2ccc(Cl)cc2N1CCCS(=O)(=O)[O-].[Na+]. The first-order valence-corrected chi connectivity index (χ1v) is 16.0. The van der Waals surface area contributed by atoms with Gasteiger partial charge in [0.15, 0.2) is 5.75 Å². The molecule has 4 rings (SSSR count). The standard InChI is InChI=1S/C26H27Cl2NO8S2.Na/c1-2-17(13-25-20(5-3-11-38(30,31)32)21-15-18(27)6-8-23(21)36-25)14-26-29(10-4-12-39(33,34)35)22-16-19(28)7-9-24(22)37-26;/h6-9,13-16H,2-5,10-12H2,1H3,(H,30,31,32)(H,33,34,35);/q;+1/p-1/b17-13-,26-14+;. The summed E-state index contributed by atoms with van der Waals surface area (Å²) in [5, 5.41) is 1.72. The molecule has 0 atom stereocenters. The topological polar surface area (TPSA) is 137 Å². The Morgan fingerprint density at radius 1 is 1.05 bits per heavy atom. The Morgan fingerprint density at radius 2 is 1.75 bits per heavy atom. The number of furan rings is 1. The van der Waals surface area contributed by atoms with Gasteiger partial charge in [-0.1, -0.05) is 30.1 Å². The van der Waals surface area contributed by atoms with Crippen LogP contribution >= 0.6 is 23.2 Å². The number of anilines is 1. The maximum absolute atomic E-state index is 11.3. The van der Waals surface area contributed by atoms with E-state index in [4.69, 9.17) is 36.9 Å². The largest absolute Gasteiger partial charge is 1.00 e. The molecule has 1 aromatic heterocycles. The molecule has 1 N–H and O–H groups in total. The van der Waals surface area contributed by atoms with Crippen LogP contribution < -0.4 is 39.2 Å². The Bertz CT molecular complexity index is 1670. The Morgan fingerprint density at radius 3 is 2.42 bits per heavy atom. The monoisotopic (exact) mass is 637 g/mol. The van der Waals surface area contributed by atoms with Crippen molar-refractivity contribution in [3.05, 3.63) is 75.3 Å². The zero-order valence-corrected chi connectivity index (χ0v) is 27.0. The van der Waals surface area contributed by atoms with Crippen molar-refractivity contribution in [3.8, 4) is 5.75 Å². The molecule has 0 unspecified atom stereocenters. The Labute approximate surface area is 265 Å². The molecule has 2 aromatic carbocycles. The van der Waals surface area contributed by atoms with Crippen LogP contribution in [-0.4, -0.2) is 44.0 Å². The number of benzene rings is 2. The summed E-state index contributed by atoms with van der Waals surface area (Å²) in [6, 6.07) is 10.3. The zero-order valence-electron chi connectivity index (χ0n) is 21.9. The van der Waals surface area contributed by atoms with E-state index >= 15 is 0 Å². The van der Waals surface area contributed by atoms with Gasteiger partial charge in [-0.15, -0.1) is 0 Å². The van der Waals surface area contributed by atoms with E-state index in [1.165, 1.54) is 0 Å². The maximum atomic E-state index is 11.3. The Balaban J connectivity index is 0.00000441. The third-order valence-corrected chi connectivity index (χ3v) is 8.18. The van der Waals surface area contributed by atoms with Gasteiger partial charge < -0.3 is 18.6 Å². The molecule has 0 fully saturated rings. The first kappa shape index (κ1) is 33.0. The molecule has 2 heterocycles. The van der Waals surface area contributed by atoms with Gasteiger partial charge in [0, 0.05) is 39.4 Å². The Kier molecular flexibility index (Phi) is 11.2. The fraction of sp³-hybridized carbons (Fsp3) is 0.308. The summed E-state index contributed by atoms with van der Waals surface area (Å²) in [6.07, 6.45) is 4.77. The first-order chi connectivity index (χ1) is 18.3. The molecule has 210 valence electrons. The van der Waals surface area contributed by atoms with Crippen molar-refractivity contribution in [2.24, 2.45) is 0 Å². The van der Waals surface area contributed by atoms with Gasteiger partial charge in [-0.25, -0.2) is 8.42 Å². The van der Waals surface area contributed by atoms with E-state index in [-0.39, 0.29) is 48.9 Å². The molecular formula is C26H26Cl2NNaO8S2. The normalized spacial score (nSPS) is 14.9. The van der Waals surface area contributed by atoms with Crippen molar-refractivity contribution in [1.82, 2.24) is 0 Å². The second-order valence-corrected chi connectivity index (χ2v) is 13.0.